The Morgan fingerprint density at radius 3 is 1.83 bits per heavy atom. The Morgan fingerprint density at radius 2 is 1.33 bits per heavy atom. The van der Waals surface area contributed by atoms with Crippen LogP contribution < -0.4 is 0 Å². The van der Waals surface area contributed by atoms with Gasteiger partial charge in [0, 0.05) is 0 Å². The molecule has 0 heterocycles. The number of unbranched alkanes of at least 4 members (excludes halogenated alkanes) is 2. The lowest BCUT2D eigenvalue weighted by atomic mass is 9.68. The summed E-state index contributed by atoms with van der Waals surface area (Å²) < 4.78 is 66.5. The molecule has 0 atom stereocenters. The van der Waals surface area contributed by atoms with E-state index in [4.69, 9.17) is 0 Å². The van der Waals surface area contributed by atoms with E-state index < -0.39 is 29.1 Å². The third-order valence-corrected chi connectivity index (χ3v) is 7.47. The summed E-state index contributed by atoms with van der Waals surface area (Å²) >= 11 is 0. The minimum absolute atomic E-state index is 0.00643. The van der Waals surface area contributed by atoms with Gasteiger partial charge in [0.15, 0.2) is 0 Å². The molecule has 2 aliphatic carbocycles. The Bertz CT molecular complexity index is 698. The summed E-state index contributed by atoms with van der Waals surface area (Å²) in [5.41, 5.74) is -0.804. The van der Waals surface area contributed by atoms with Crippen LogP contribution in [-0.4, -0.2) is 0 Å². The molecule has 0 nitrogen and oxygen atoms in total. The van der Waals surface area contributed by atoms with E-state index in [0.29, 0.717) is 11.5 Å². The van der Waals surface area contributed by atoms with E-state index in [-0.39, 0.29) is 5.92 Å². The smallest absolute Gasteiger partial charge is 0.206 e. The van der Waals surface area contributed by atoms with Crippen molar-refractivity contribution in [2.75, 3.05) is 0 Å². The van der Waals surface area contributed by atoms with Crippen LogP contribution in [0.25, 0.3) is 5.83 Å². The van der Waals surface area contributed by atoms with Crippen LogP contribution in [0.1, 0.15) is 101 Å². The SMILES string of the molecule is CCCCC[C@H]1CC[C@H]([C@H]2CC[C@H](c3cc(F)c(C(F)=C(F)F)c(F)c3)CC2)CC1. The molecule has 168 valence electrons. The molecule has 0 amide bonds. The molecule has 2 saturated carbocycles. The summed E-state index contributed by atoms with van der Waals surface area (Å²) in [5.74, 6) is -2.30. The molecule has 2 aliphatic rings. The van der Waals surface area contributed by atoms with Gasteiger partial charge in [-0.25, -0.2) is 13.2 Å². The maximum Gasteiger partial charge on any atom is 0.306 e. The highest BCUT2D eigenvalue weighted by atomic mass is 19.3. The Morgan fingerprint density at radius 1 is 0.800 bits per heavy atom. The van der Waals surface area contributed by atoms with Crippen LogP contribution in [0.2, 0.25) is 0 Å². The Balaban J connectivity index is 1.53. The largest absolute Gasteiger partial charge is 0.306 e. The highest BCUT2D eigenvalue weighted by Crippen LogP contribution is 2.45. The Labute approximate surface area is 176 Å². The Hall–Kier alpha value is -1.39. The van der Waals surface area contributed by atoms with Crippen LogP contribution in [0, 0.1) is 29.4 Å². The molecule has 0 unspecified atom stereocenters. The molecule has 1 aromatic rings. The fourth-order valence-corrected chi connectivity index (χ4v) is 5.69. The van der Waals surface area contributed by atoms with E-state index in [9.17, 15) is 22.0 Å². The van der Waals surface area contributed by atoms with Crippen LogP contribution in [0.15, 0.2) is 18.2 Å². The summed E-state index contributed by atoms with van der Waals surface area (Å²) in [4.78, 5) is 0. The van der Waals surface area contributed by atoms with Gasteiger partial charge in [0.05, 0.1) is 5.56 Å². The van der Waals surface area contributed by atoms with Crippen LogP contribution in [0.3, 0.4) is 0 Å². The van der Waals surface area contributed by atoms with Gasteiger partial charge in [0.25, 0.3) is 0 Å². The molecule has 0 saturated heterocycles. The number of halogens is 5. The van der Waals surface area contributed by atoms with Gasteiger partial charge in [0.2, 0.25) is 5.83 Å². The number of benzene rings is 1. The first-order chi connectivity index (χ1) is 14.4. The molecule has 0 radical (unpaired) electrons. The van der Waals surface area contributed by atoms with Gasteiger partial charge in [-0.2, -0.15) is 8.78 Å². The predicted molar refractivity (Wildman–Crippen MR) is 111 cm³/mol. The summed E-state index contributed by atoms with van der Waals surface area (Å²) in [6.07, 6.45) is 11.6. The van der Waals surface area contributed by atoms with Crippen molar-refractivity contribution in [1.29, 1.82) is 0 Å². The average Bonchev–Trinajstić information content (AvgIpc) is 2.74. The van der Waals surface area contributed by atoms with Gasteiger partial charge in [-0.05, 0) is 79.9 Å². The van der Waals surface area contributed by atoms with Gasteiger partial charge in [0.1, 0.15) is 11.6 Å². The predicted octanol–water partition coefficient (Wildman–Crippen LogP) is 9.16. The van der Waals surface area contributed by atoms with Crippen LogP contribution in [0.5, 0.6) is 0 Å². The molecule has 0 bridgehead atoms. The fraction of sp³-hybridized carbons (Fsp3) is 0.680. The minimum atomic E-state index is -2.71. The van der Waals surface area contributed by atoms with E-state index in [2.05, 4.69) is 6.92 Å². The molecule has 1 aromatic carbocycles. The summed E-state index contributed by atoms with van der Waals surface area (Å²) in [5, 5.41) is 0. The minimum Gasteiger partial charge on any atom is -0.206 e. The van der Waals surface area contributed by atoms with Crippen LogP contribution in [0.4, 0.5) is 22.0 Å². The first kappa shape index (κ1) is 23.3. The molecule has 3 rings (SSSR count). The van der Waals surface area contributed by atoms with E-state index in [1.54, 1.807) is 0 Å². The third kappa shape index (κ3) is 5.64. The highest BCUT2D eigenvalue weighted by Gasteiger charge is 2.32. The molecule has 30 heavy (non-hydrogen) atoms. The van der Waals surface area contributed by atoms with Gasteiger partial charge >= 0.3 is 6.08 Å². The second-order valence-electron chi connectivity index (χ2n) is 9.32. The normalized spacial score (nSPS) is 27.1. The van der Waals surface area contributed by atoms with Crippen molar-refractivity contribution in [2.24, 2.45) is 17.8 Å². The van der Waals surface area contributed by atoms with Crippen molar-refractivity contribution in [1.82, 2.24) is 0 Å². The third-order valence-electron chi connectivity index (χ3n) is 7.47. The van der Waals surface area contributed by atoms with Crippen molar-refractivity contribution < 1.29 is 22.0 Å². The summed E-state index contributed by atoms with van der Waals surface area (Å²) in [6, 6.07) is 2.07. The van der Waals surface area contributed by atoms with Gasteiger partial charge in [-0.3, -0.25) is 0 Å². The lowest BCUT2D eigenvalue weighted by Crippen LogP contribution is -2.25. The number of hydrogen-bond acceptors (Lipinski definition) is 0. The average molecular weight is 429 g/mol. The van der Waals surface area contributed by atoms with Crippen molar-refractivity contribution >= 4 is 5.83 Å². The van der Waals surface area contributed by atoms with Crippen molar-refractivity contribution in [3.63, 3.8) is 0 Å². The standard InChI is InChI=1S/C25H33F5/c1-2-3-4-5-16-6-8-17(9-7-16)18-10-12-19(13-11-18)20-14-21(26)23(22(27)15-20)24(28)25(29)30/h14-19H,2-13H2,1H3/t16-,17-,18-,19-. The van der Waals surface area contributed by atoms with Crippen LogP contribution >= 0.6 is 0 Å². The van der Waals surface area contributed by atoms with Crippen molar-refractivity contribution in [2.45, 2.75) is 89.9 Å². The molecule has 0 spiro atoms. The zero-order chi connectivity index (χ0) is 21.7. The van der Waals surface area contributed by atoms with Gasteiger partial charge in [-0.15, -0.1) is 0 Å². The molecular formula is C25H33F5. The Kier molecular flexibility index (Phi) is 8.35. The van der Waals surface area contributed by atoms with Crippen LogP contribution in [-0.2, 0) is 0 Å². The number of rotatable bonds is 7. The zero-order valence-corrected chi connectivity index (χ0v) is 17.8. The maximum absolute atomic E-state index is 14.1. The second kappa shape index (κ2) is 10.8. The molecule has 0 N–H and O–H groups in total. The number of hydrogen-bond donors (Lipinski definition) is 0. The summed E-state index contributed by atoms with van der Waals surface area (Å²) in [6.45, 7) is 2.24. The fourth-order valence-electron chi connectivity index (χ4n) is 5.69. The highest BCUT2D eigenvalue weighted by molar-refractivity contribution is 5.61. The quantitative estimate of drug-likeness (QED) is 0.300. The van der Waals surface area contributed by atoms with E-state index in [1.807, 2.05) is 0 Å². The molecular weight excluding hydrogens is 395 g/mol. The molecule has 5 heteroatoms. The first-order valence-corrected chi connectivity index (χ1v) is 11.6. The second-order valence-corrected chi connectivity index (χ2v) is 9.32. The van der Waals surface area contributed by atoms with Gasteiger partial charge in [-0.1, -0.05) is 45.4 Å². The molecule has 0 aliphatic heterocycles. The van der Waals surface area contributed by atoms with E-state index in [0.717, 1.165) is 49.7 Å². The van der Waals surface area contributed by atoms with Crippen molar-refractivity contribution in [3.05, 3.63) is 41.0 Å². The topological polar surface area (TPSA) is 0 Å². The molecule has 0 aromatic heterocycles. The lowest BCUT2D eigenvalue weighted by molar-refractivity contribution is 0.155. The maximum atomic E-state index is 14.1. The monoisotopic (exact) mass is 428 g/mol. The molecule has 2 fully saturated rings. The van der Waals surface area contributed by atoms with Gasteiger partial charge < -0.3 is 0 Å². The first-order valence-electron chi connectivity index (χ1n) is 11.6. The lowest BCUT2D eigenvalue weighted by Gasteiger charge is -2.38. The summed E-state index contributed by atoms with van der Waals surface area (Å²) in [7, 11) is 0. The van der Waals surface area contributed by atoms with E-state index >= 15 is 0 Å². The van der Waals surface area contributed by atoms with E-state index in [1.165, 1.54) is 51.4 Å². The van der Waals surface area contributed by atoms with Crippen molar-refractivity contribution in [3.8, 4) is 0 Å². The zero-order valence-electron chi connectivity index (χ0n) is 17.8.